The van der Waals surface area contributed by atoms with E-state index in [9.17, 15) is 9.59 Å². The summed E-state index contributed by atoms with van der Waals surface area (Å²) in [6.45, 7) is 3.99. The van der Waals surface area contributed by atoms with Gasteiger partial charge in [-0.25, -0.2) is 9.69 Å². The van der Waals surface area contributed by atoms with Crippen LogP contribution in [-0.2, 0) is 10.3 Å². The molecular formula is C17H23N3O3. The van der Waals surface area contributed by atoms with Gasteiger partial charge in [-0.1, -0.05) is 18.6 Å². The number of hydrogen-bond donors (Lipinski definition) is 1. The fourth-order valence-electron chi connectivity index (χ4n) is 3.26. The molecule has 2 saturated heterocycles. The first-order valence-corrected chi connectivity index (χ1v) is 8.05. The maximum absolute atomic E-state index is 12.9. The Balaban J connectivity index is 1.81. The number of nitrogens with zero attached hydrogens (tertiary/aromatic N) is 2. The fourth-order valence-corrected chi connectivity index (χ4v) is 3.26. The molecule has 1 aromatic carbocycles. The van der Waals surface area contributed by atoms with Crippen molar-refractivity contribution in [2.24, 2.45) is 0 Å². The van der Waals surface area contributed by atoms with Crippen LogP contribution in [0, 0.1) is 0 Å². The van der Waals surface area contributed by atoms with Crippen molar-refractivity contribution in [3.63, 3.8) is 0 Å². The van der Waals surface area contributed by atoms with Crippen molar-refractivity contribution in [2.75, 3.05) is 26.9 Å². The summed E-state index contributed by atoms with van der Waals surface area (Å²) in [6.07, 6.45) is 3.46. The molecule has 0 aliphatic carbocycles. The Morgan fingerprint density at radius 2 is 1.96 bits per heavy atom. The zero-order valence-corrected chi connectivity index (χ0v) is 13.7. The third kappa shape index (κ3) is 2.91. The Morgan fingerprint density at radius 1 is 1.22 bits per heavy atom. The number of piperidine rings is 1. The number of amides is 3. The summed E-state index contributed by atoms with van der Waals surface area (Å²) < 4.78 is 5.22. The van der Waals surface area contributed by atoms with E-state index in [4.69, 9.17) is 4.74 Å². The van der Waals surface area contributed by atoms with Crippen molar-refractivity contribution < 1.29 is 14.3 Å². The van der Waals surface area contributed by atoms with Crippen molar-refractivity contribution in [3.8, 4) is 5.75 Å². The topological polar surface area (TPSA) is 61.9 Å². The summed E-state index contributed by atoms with van der Waals surface area (Å²) in [5, 5.41) is 2.84. The highest BCUT2D eigenvalue weighted by molar-refractivity contribution is 6.07. The number of benzene rings is 1. The number of imide groups is 1. The van der Waals surface area contributed by atoms with E-state index in [1.807, 2.05) is 18.2 Å². The van der Waals surface area contributed by atoms with Gasteiger partial charge in [0.25, 0.3) is 5.91 Å². The molecule has 124 valence electrons. The minimum absolute atomic E-state index is 0.207. The van der Waals surface area contributed by atoms with E-state index >= 15 is 0 Å². The second-order valence-electron chi connectivity index (χ2n) is 6.34. The van der Waals surface area contributed by atoms with Gasteiger partial charge in [-0.2, -0.15) is 0 Å². The first-order chi connectivity index (χ1) is 11.0. The lowest BCUT2D eigenvalue weighted by atomic mass is 9.92. The lowest BCUT2D eigenvalue weighted by Gasteiger charge is -2.30. The fraction of sp³-hybridized carbons (Fsp3) is 0.529. The average molecular weight is 317 g/mol. The van der Waals surface area contributed by atoms with Crippen LogP contribution in [0.15, 0.2) is 24.3 Å². The molecule has 1 aromatic rings. The number of likely N-dealkylation sites (tertiary alicyclic amines) is 1. The van der Waals surface area contributed by atoms with Crippen LogP contribution in [-0.4, -0.2) is 48.6 Å². The predicted molar refractivity (Wildman–Crippen MR) is 86.0 cm³/mol. The molecule has 0 radical (unpaired) electrons. The van der Waals surface area contributed by atoms with Crippen molar-refractivity contribution in [2.45, 2.75) is 31.7 Å². The van der Waals surface area contributed by atoms with Gasteiger partial charge in [-0.05, 0) is 50.6 Å². The van der Waals surface area contributed by atoms with Gasteiger partial charge in [-0.3, -0.25) is 9.69 Å². The molecule has 1 N–H and O–H groups in total. The van der Waals surface area contributed by atoms with E-state index in [-0.39, 0.29) is 11.9 Å². The second-order valence-corrected chi connectivity index (χ2v) is 6.34. The van der Waals surface area contributed by atoms with Crippen LogP contribution in [0.5, 0.6) is 5.75 Å². The number of urea groups is 1. The first-order valence-electron chi connectivity index (χ1n) is 8.05. The van der Waals surface area contributed by atoms with Gasteiger partial charge in [-0.15, -0.1) is 0 Å². The molecule has 2 fully saturated rings. The molecule has 6 nitrogen and oxygen atoms in total. The second kappa shape index (κ2) is 6.20. The third-order valence-electron chi connectivity index (χ3n) is 4.71. The molecule has 23 heavy (non-hydrogen) atoms. The Hall–Kier alpha value is -2.08. The van der Waals surface area contributed by atoms with Crippen molar-refractivity contribution in [1.29, 1.82) is 0 Å². The molecule has 0 bridgehead atoms. The highest BCUT2D eigenvalue weighted by atomic mass is 16.5. The predicted octanol–water partition coefficient (Wildman–Crippen LogP) is 1.91. The summed E-state index contributed by atoms with van der Waals surface area (Å²) in [6, 6.07) is 6.95. The van der Waals surface area contributed by atoms with Gasteiger partial charge >= 0.3 is 6.03 Å². The zero-order chi connectivity index (χ0) is 16.4. The highest BCUT2D eigenvalue weighted by Gasteiger charge is 2.49. The van der Waals surface area contributed by atoms with Crippen molar-refractivity contribution >= 4 is 11.9 Å². The first kappa shape index (κ1) is 15.8. The van der Waals surface area contributed by atoms with Gasteiger partial charge in [0, 0.05) is 0 Å². The lowest BCUT2D eigenvalue weighted by Crippen LogP contribution is -2.45. The van der Waals surface area contributed by atoms with Crippen molar-refractivity contribution in [1.82, 2.24) is 15.1 Å². The smallest absolute Gasteiger partial charge is 0.326 e. The summed E-state index contributed by atoms with van der Waals surface area (Å²) >= 11 is 0. The van der Waals surface area contributed by atoms with Crippen molar-refractivity contribution in [3.05, 3.63) is 29.8 Å². The number of ether oxygens (including phenoxy) is 1. The summed E-state index contributed by atoms with van der Waals surface area (Å²) in [5.41, 5.74) is -0.308. The monoisotopic (exact) mass is 317 g/mol. The largest absolute Gasteiger partial charge is 0.497 e. The quantitative estimate of drug-likeness (QED) is 0.862. The Bertz CT molecular complexity index is 613. The molecule has 2 aliphatic rings. The highest BCUT2D eigenvalue weighted by Crippen LogP contribution is 2.31. The number of hydrogen-bond acceptors (Lipinski definition) is 4. The van der Waals surface area contributed by atoms with Gasteiger partial charge in [0.05, 0.1) is 13.8 Å². The van der Waals surface area contributed by atoms with E-state index in [0.717, 1.165) is 31.5 Å². The number of rotatable bonds is 4. The molecular weight excluding hydrogens is 294 g/mol. The van der Waals surface area contributed by atoms with E-state index in [1.54, 1.807) is 20.1 Å². The molecule has 2 aliphatic heterocycles. The zero-order valence-electron chi connectivity index (χ0n) is 13.7. The number of methoxy groups -OCH3 is 1. The SMILES string of the molecule is COc1cccc([C@]2(C)NC(=O)N(CN3CCCCC3)C2=O)c1. The van der Waals surface area contributed by atoms with Crippen LogP contribution in [0.2, 0.25) is 0 Å². The van der Waals surface area contributed by atoms with Crippen LogP contribution < -0.4 is 10.1 Å². The summed E-state index contributed by atoms with van der Waals surface area (Å²) in [4.78, 5) is 28.7. The molecule has 0 spiro atoms. The standard InChI is InChI=1S/C17H23N3O3/c1-17(13-7-6-8-14(11-13)23-2)15(21)20(16(22)18-17)12-19-9-4-3-5-10-19/h6-8,11H,3-5,9-10,12H2,1-2H3,(H,18,22)/t17-/m0/s1. The lowest BCUT2D eigenvalue weighted by molar-refractivity contribution is -0.132. The maximum Gasteiger partial charge on any atom is 0.326 e. The number of nitrogens with one attached hydrogen (secondary N) is 1. The van der Waals surface area contributed by atoms with Gasteiger partial charge < -0.3 is 10.1 Å². The van der Waals surface area contributed by atoms with Crippen LogP contribution in [0.3, 0.4) is 0 Å². The van der Waals surface area contributed by atoms with Crippen LogP contribution in [0.25, 0.3) is 0 Å². The summed E-state index contributed by atoms with van der Waals surface area (Å²) in [5.74, 6) is 0.460. The third-order valence-corrected chi connectivity index (χ3v) is 4.71. The minimum Gasteiger partial charge on any atom is -0.497 e. The van der Waals surface area contributed by atoms with Crippen LogP contribution in [0.1, 0.15) is 31.7 Å². The van der Waals surface area contributed by atoms with Gasteiger partial charge in [0.1, 0.15) is 11.3 Å². The van der Waals surface area contributed by atoms with E-state index in [1.165, 1.54) is 11.3 Å². The molecule has 0 saturated carbocycles. The molecule has 3 rings (SSSR count). The van der Waals surface area contributed by atoms with E-state index in [2.05, 4.69) is 10.2 Å². The molecule has 1 atom stereocenters. The van der Waals surface area contributed by atoms with E-state index in [0.29, 0.717) is 12.4 Å². The average Bonchev–Trinajstić information content (AvgIpc) is 2.80. The molecule has 3 amide bonds. The number of carbonyl (C=O) groups excluding carboxylic acids is 2. The van der Waals surface area contributed by atoms with Crippen LogP contribution in [0.4, 0.5) is 4.79 Å². The van der Waals surface area contributed by atoms with E-state index < -0.39 is 5.54 Å². The molecule has 0 unspecified atom stereocenters. The Morgan fingerprint density at radius 3 is 2.65 bits per heavy atom. The molecule has 2 heterocycles. The maximum atomic E-state index is 12.9. The van der Waals surface area contributed by atoms with Gasteiger partial charge in [0.2, 0.25) is 0 Å². The normalized spacial score (nSPS) is 25.6. The molecule has 0 aromatic heterocycles. The summed E-state index contributed by atoms with van der Waals surface area (Å²) in [7, 11) is 1.58. The Labute approximate surface area is 136 Å². The van der Waals surface area contributed by atoms with Gasteiger partial charge in [0.15, 0.2) is 0 Å². The Kier molecular flexibility index (Phi) is 4.26. The van der Waals surface area contributed by atoms with Crippen LogP contribution >= 0.6 is 0 Å². The minimum atomic E-state index is -1.04. The number of carbonyl (C=O) groups is 2. The molecule has 6 heteroatoms.